The zero-order chi connectivity index (χ0) is 18.8. The minimum Gasteiger partial charge on any atom is -0.493 e. The lowest BCUT2D eigenvalue weighted by atomic mass is 9.91. The maximum Gasteiger partial charge on any atom is 0.224 e. The molecule has 0 fully saturated rings. The summed E-state index contributed by atoms with van der Waals surface area (Å²) in [5.41, 5.74) is 4.54. The highest BCUT2D eigenvalue weighted by molar-refractivity contribution is 5.86. The van der Waals surface area contributed by atoms with Crippen molar-refractivity contribution in [1.29, 1.82) is 0 Å². The Bertz CT molecular complexity index is 977. The van der Waals surface area contributed by atoms with Gasteiger partial charge in [-0.25, -0.2) is 0 Å². The van der Waals surface area contributed by atoms with Crippen molar-refractivity contribution in [3.8, 4) is 11.5 Å². The highest BCUT2D eigenvalue weighted by Gasteiger charge is 2.25. The number of fused-ring (bicyclic) bond motifs is 3. The van der Waals surface area contributed by atoms with Crippen molar-refractivity contribution in [3.63, 3.8) is 0 Å². The normalized spacial score (nSPS) is 16.0. The average molecular weight is 364 g/mol. The first-order valence-electron chi connectivity index (χ1n) is 9.29. The summed E-state index contributed by atoms with van der Waals surface area (Å²) in [7, 11) is 3.20. The molecule has 140 valence electrons. The molecule has 2 N–H and O–H groups in total. The third-order valence-electron chi connectivity index (χ3n) is 5.26. The number of amides is 1. The van der Waals surface area contributed by atoms with E-state index in [0.29, 0.717) is 17.9 Å². The van der Waals surface area contributed by atoms with E-state index < -0.39 is 0 Å². The van der Waals surface area contributed by atoms with Crippen LogP contribution in [0.1, 0.15) is 35.7 Å². The van der Waals surface area contributed by atoms with Crippen molar-refractivity contribution < 1.29 is 14.3 Å². The molecule has 0 unspecified atom stereocenters. The molecule has 3 aromatic rings. The van der Waals surface area contributed by atoms with E-state index in [0.717, 1.165) is 36.0 Å². The summed E-state index contributed by atoms with van der Waals surface area (Å²) in [6.07, 6.45) is 3.40. The fraction of sp³-hybridized carbons (Fsp3) is 0.318. The van der Waals surface area contributed by atoms with E-state index in [9.17, 15) is 4.79 Å². The predicted molar refractivity (Wildman–Crippen MR) is 105 cm³/mol. The fourth-order valence-corrected chi connectivity index (χ4v) is 3.98. The van der Waals surface area contributed by atoms with Gasteiger partial charge in [0.1, 0.15) is 0 Å². The van der Waals surface area contributed by atoms with Crippen molar-refractivity contribution >= 4 is 16.8 Å². The van der Waals surface area contributed by atoms with E-state index in [1.807, 2.05) is 24.3 Å². The third-order valence-corrected chi connectivity index (χ3v) is 5.26. The molecule has 4 rings (SSSR count). The molecule has 0 bridgehead atoms. The Balaban J connectivity index is 1.51. The lowest BCUT2D eigenvalue weighted by molar-refractivity contribution is -0.121. The van der Waals surface area contributed by atoms with Crippen molar-refractivity contribution in [2.24, 2.45) is 0 Å². The van der Waals surface area contributed by atoms with Gasteiger partial charge in [-0.1, -0.05) is 24.3 Å². The van der Waals surface area contributed by atoms with Crippen LogP contribution in [0.25, 0.3) is 10.9 Å². The molecular weight excluding hydrogens is 340 g/mol. The number of rotatable bonds is 5. The Morgan fingerprint density at radius 1 is 1.15 bits per heavy atom. The van der Waals surface area contributed by atoms with Gasteiger partial charge in [-0.15, -0.1) is 0 Å². The van der Waals surface area contributed by atoms with Gasteiger partial charge in [0.2, 0.25) is 5.91 Å². The fourth-order valence-electron chi connectivity index (χ4n) is 3.98. The number of aryl methyl sites for hydroxylation is 1. The number of aromatic nitrogens is 1. The number of H-pyrrole nitrogens is 1. The monoisotopic (exact) mass is 364 g/mol. The Morgan fingerprint density at radius 3 is 2.78 bits per heavy atom. The molecule has 5 nitrogen and oxygen atoms in total. The number of methoxy groups -OCH3 is 2. The van der Waals surface area contributed by atoms with Crippen molar-refractivity contribution in [1.82, 2.24) is 10.3 Å². The summed E-state index contributed by atoms with van der Waals surface area (Å²) < 4.78 is 10.6. The number of ether oxygens (including phenoxy) is 2. The number of hydrogen-bond donors (Lipinski definition) is 2. The van der Waals surface area contributed by atoms with Crippen LogP contribution in [0.15, 0.2) is 42.5 Å². The largest absolute Gasteiger partial charge is 0.493 e. The molecule has 2 aromatic carbocycles. The van der Waals surface area contributed by atoms with Gasteiger partial charge in [0.05, 0.1) is 26.7 Å². The SMILES string of the molecule is COc1ccc(CC(=O)N[C@@H]2CCCc3c2[nH]c2ccccc32)cc1OC. The van der Waals surface area contributed by atoms with Crippen LogP contribution in [0, 0.1) is 0 Å². The molecule has 0 radical (unpaired) electrons. The quantitative estimate of drug-likeness (QED) is 0.721. The molecule has 1 aliphatic rings. The molecule has 1 heterocycles. The summed E-state index contributed by atoms with van der Waals surface area (Å²) in [6, 6.07) is 14.0. The van der Waals surface area contributed by atoms with Crippen LogP contribution >= 0.6 is 0 Å². The number of benzene rings is 2. The second-order valence-corrected chi connectivity index (χ2v) is 6.94. The molecule has 0 saturated carbocycles. The maximum atomic E-state index is 12.7. The van der Waals surface area contributed by atoms with Crippen LogP contribution in [-0.4, -0.2) is 25.1 Å². The lowest BCUT2D eigenvalue weighted by Gasteiger charge is -2.24. The zero-order valence-electron chi connectivity index (χ0n) is 15.7. The summed E-state index contributed by atoms with van der Waals surface area (Å²) in [4.78, 5) is 16.2. The molecule has 27 heavy (non-hydrogen) atoms. The van der Waals surface area contributed by atoms with Gasteiger partial charge < -0.3 is 19.8 Å². The van der Waals surface area contributed by atoms with Crippen molar-refractivity contribution in [2.75, 3.05) is 14.2 Å². The van der Waals surface area contributed by atoms with Gasteiger partial charge in [-0.2, -0.15) is 0 Å². The summed E-state index contributed by atoms with van der Waals surface area (Å²) >= 11 is 0. The summed E-state index contributed by atoms with van der Waals surface area (Å²) in [5.74, 6) is 1.31. The van der Waals surface area contributed by atoms with E-state index in [2.05, 4.69) is 28.5 Å². The van der Waals surface area contributed by atoms with Crippen LogP contribution in [0.3, 0.4) is 0 Å². The molecule has 5 heteroatoms. The molecule has 0 aliphatic heterocycles. The molecule has 1 aromatic heterocycles. The highest BCUT2D eigenvalue weighted by atomic mass is 16.5. The van der Waals surface area contributed by atoms with E-state index in [1.165, 1.54) is 10.9 Å². The van der Waals surface area contributed by atoms with Crippen LogP contribution in [0.2, 0.25) is 0 Å². The first kappa shape index (κ1) is 17.5. The van der Waals surface area contributed by atoms with Gasteiger partial charge in [-0.05, 0) is 48.6 Å². The Morgan fingerprint density at radius 2 is 1.96 bits per heavy atom. The maximum absolute atomic E-state index is 12.7. The van der Waals surface area contributed by atoms with Crippen molar-refractivity contribution in [2.45, 2.75) is 31.7 Å². The van der Waals surface area contributed by atoms with Gasteiger partial charge in [-0.3, -0.25) is 4.79 Å². The third kappa shape index (κ3) is 3.37. The number of nitrogens with one attached hydrogen (secondary N) is 2. The minimum atomic E-state index is 0.0127. The Kier molecular flexibility index (Phi) is 4.75. The minimum absolute atomic E-state index is 0.0127. The molecule has 1 amide bonds. The van der Waals surface area contributed by atoms with Gasteiger partial charge in [0, 0.05) is 16.6 Å². The molecule has 0 spiro atoms. The zero-order valence-corrected chi connectivity index (χ0v) is 15.7. The van der Waals surface area contributed by atoms with Gasteiger partial charge in [0.15, 0.2) is 11.5 Å². The highest BCUT2D eigenvalue weighted by Crippen LogP contribution is 2.34. The standard InChI is InChI=1S/C22H24N2O3/c1-26-19-11-10-14(12-20(19)27-2)13-21(25)23-18-9-5-7-16-15-6-3-4-8-17(15)24-22(16)18/h3-4,6,8,10-12,18,24H,5,7,9,13H2,1-2H3,(H,23,25)/t18-/m1/s1. The number of para-hydroxylation sites is 1. The van der Waals surface area contributed by atoms with E-state index in [4.69, 9.17) is 9.47 Å². The number of carbonyl (C=O) groups is 1. The second kappa shape index (κ2) is 7.35. The average Bonchev–Trinajstić information content (AvgIpc) is 3.07. The number of hydrogen-bond acceptors (Lipinski definition) is 3. The van der Waals surface area contributed by atoms with Crippen LogP contribution in [0.5, 0.6) is 11.5 Å². The topological polar surface area (TPSA) is 63.3 Å². The molecular formula is C22H24N2O3. The molecule has 1 atom stereocenters. The second-order valence-electron chi connectivity index (χ2n) is 6.94. The van der Waals surface area contributed by atoms with Crippen LogP contribution in [0.4, 0.5) is 0 Å². The first-order valence-corrected chi connectivity index (χ1v) is 9.29. The van der Waals surface area contributed by atoms with E-state index in [-0.39, 0.29) is 11.9 Å². The van der Waals surface area contributed by atoms with E-state index >= 15 is 0 Å². The number of aromatic amines is 1. The van der Waals surface area contributed by atoms with Gasteiger partial charge >= 0.3 is 0 Å². The first-order chi connectivity index (χ1) is 13.2. The Labute approximate surface area is 158 Å². The van der Waals surface area contributed by atoms with Gasteiger partial charge in [0.25, 0.3) is 0 Å². The predicted octanol–water partition coefficient (Wildman–Crippen LogP) is 3.92. The van der Waals surface area contributed by atoms with E-state index in [1.54, 1.807) is 14.2 Å². The van der Waals surface area contributed by atoms with Crippen LogP contribution in [-0.2, 0) is 17.6 Å². The van der Waals surface area contributed by atoms with Crippen molar-refractivity contribution in [3.05, 3.63) is 59.3 Å². The Hall–Kier alpha value is -2.95. The number of carbonyl (C=O) groups excluding carboxylic acids is 1. The molecule has 1 aliphatic carbocycles. The lowest BCUT2D eigenvalue weighted by Crippen LogP contribution is -2.32. The summed E-state index contributed by atoms with van der Waals surface area (Å²) in [6.45, 7) is 0. The summed E-state index contributed by atoms with van der Waals surface area (Å²) in [5, 5.41) is 4.48. The smallest absolute Gasteiger partial charge is 0.224 e. The van der Waals surface area contributed by atoms with Crippen LogP contribution < -0.4 is 14.8 Å². The molecule has 0 saturated heterocycles.